The molecule has 0 bridgehead atoms. The minimum atomic E-state index is -4.49. The summed E-state index contributed by atoms with van der Waals surface area (Å²) in [4.78, 5) is 0.698. The van der Waals surface area contributed by atoms with Crippen LogP contribution in [0.3, 0.4) is 0 Å². The van der Waals surface area contributed by atoms with E-state index < -0.39 is 11.9 Å². The van der Waals surface area contributed by atoms with E-state index >= 15 is 0 Å². The van der Waals surface area contributed by atoms with Crippen molar-refractivity contribution in [1.29, 1.82) is 5.26 Å². The Hall–Kier alpha value is -1.94. The highest BCUT2D eigenvalue weighted by atomic mass is 32.2. The maximum Gasteiger partial charge on any atom is 0.435 e. The van der Waals surface area contributed by atoms with Crippen molar-refractivity contribution in [3.63, 3.8) is 0 Å². The highest BCUT2D eigenvalue weighted by Gasteiger charge is 2.33. The van der Waals surface area contributed by atoms with Gasteiger partial charge in [0.05, 0.1) is 11.3 Å². The molecule has 0 atom stereocenters. The van der Waals surface area contributed by atoms with E-state index in [0.717, 1.165) is 10.7 Å². The number of hydrogen-bond donors (Lipinski definition) is 0. The number of benzene rings is 1. The monoisotopic (exact) mass is 283 g/mol. The number of hydrogen-bond acceptors (Lipinski definition) is 3. The van der Waals surface area contributed by atoms with E-state index in [1.54, 1.807) is 24.5 Å². The Balaban J connectivity index is 2.54. The van der Waals surface area contributed by atoms with Gasteiger partial charge < -0.3 is 0 Å². The lowest BCUT2D eigenvalue weighted by Gasteiger charge is -2.07. The molecule has 1 aromatic carbocycles. The van der Waals surface area contributed by atoms with Crippen LogP contribution in [0.4, 0.5) is 13.2 Å². The average molecular weight is 283 g/mol. The third-order valence-electron chi connectivity index (χ3n) is 2.46. The Labute approximate surface area is 111 Å². The molecule has 0 N–H and O–H groups in total. The van der Waals surface area contributed by atoms with E-state index in [1.807, 2.05) is 6.07 Å². The van der Waals surface area contributed by atoms with Crippen LogP contribution < -0.4 is 0 Å². The van der Waals surface area contributed by atoms with Gasteiger partial charge in [0.15, 0.2) is 5.69 Å². The molecular formula is C12H8F3N3S. The van der Waals surface area contributed by atoms with E-state index in [0.29, 0.717) is 16.1 Å². The van der Waals surface area contributed by atoms with Crippen molar-refractivity contribution in [2.45, 2.75) is 11.1 Å². The molecule has 1 heterocycles. The summed E-state index contributed by atoms with van der Waals surface area (Å²) in [6.45, 7) is 0. The SMILES string of the molecule is CSc1cccc(-n2ccc(C(F)(F)F)n2)c1C#N. The normalized spacial score (nSPS) is 11.3. The largest absolute Gasteiger partial charge is 0.435 e. The van der Waals surface area contributed by atoms with Gasteiger partial charge in [0.1, 0.15) is 6.07 Å². The number of rotatable bonds is 2. The third-order valence-corrected chi connectivity index (χ3v) is 3.24. The minimum Gasteiger partial charge on any atom is -0.239 e. The third kappa shape index (κ3) is 2.58. The first-order chi connectivity index (χ1) is 8.97. The zero-order valence-corrected chi connectivity index (χ0v) is 10.6. The molecule has 3 nitrogen and oxygen atoms in total. The van der Waals surface area contributed by atoms with Gasteiger partial charge in [0, 0.05) is 11.1 Å². The lowest BCUT2D eigenvalue weighted by atomic mass is 10.2. The molecule has 0 amide bonds. The van der Waals surface area contributed by atoms with Crippen molar-refractivity contribution >= 4 is 11.8 Å². The van der Waals surface area contributed by atoms with Crippen molar-refractivity contribution in [1.82, 2.24) is 9.78 Å². The lowest BCUT2D eigenvalue weighted by molar-refractivity contribution is -0.141. The summed E-state index contributed by atoms with van der Waals surface area (Å²) < 4.78 is 38.6. The second-order valence-corrected chi connectivity index (χ2v) is 4.46. The Kier molecular flexibility index (Phi) is 3.53. The van der Waals surface area contributed by atoms with Crippen LogP contribution in [0.5, 0.6) is 0 Å². The molecule has 19 heavy (non-hydrogen) atoms. The van der Waals surface area contributed by atoms with Crippen molar-refractivity contribution in [3.8, 4) is 11.8 Å². The van der Waals surface area contributed by atoms with Crippen LogP contribution in [0, 0.1) is 11.3 Å². The molecule has 2 rings (SSSR count). The zero-order chi connectivity index (χ0) is 14.0. The van der Waals surface area contributed by atoms with Crippen LogP contribution in [0.15, 0.2) is 35.4 Å². The lowest BCUT2D eigenvalue weighted by Crippen LogP contribution is -2.08. The second-order valence-electron chi connectivity index (χ2n) is 3.61. The van der Waals surface area contributed by atoms with Gasteiger partial charge in [-0.1, -0.05) is 6.07 Å². The van der Waals surface area contributed by atoms with Gasteiger partial charge in [-0.3, -0.25) is 0 Å². The van der Waals surface area contributed by atoms with Crippen LogP contribution in [0.1, 0.15) is 11.3 Å². The first kappa shape index (κ1) is 13.5. The Morgan fingerprint density at radius 3 is 2.58 bits per heavy atom. The van der Waals surface area contributed by atoms with E-state index in [-0.39, 0.29) is 0 Å². The molecule has 0 aliphatic rings. The summed E-state index contributed by atoms with van der Waals surface area (Å²) in [6.07, 6.45) is -1.50. The minimum absolute atomic E-state index is 0.312. The highest BCUT2D eigenvalue weighted by molar-refractivity contribution is 7.98. The maximum atomic E-state index is 12.5. The van der Waals surface area contributed by atoms with Gasteiger partial charge >= 0.3 is 6.18 Å². The zero-order valence-electron chi connectivity index (χ0n) is 9.77. The van der Waals surface area contributed by atoms with Gasteiger partial charge in [-0.25, -0.2) is 4.68 Å². The molecule has 0 saturated heterocycles. The van der Waals surface area contributed by atoms with Gasteiger partial charge in [-0.2, -0.15) is 23.5 Å². The smallest absolute Gasteiger partial charge is 0.239 e. The van der Waals surface area contributed by atoms with Crippen molar-refractivity contribution in [3.05, 3.63) is 41.7 Å². The molecule has 0 aliphatic heterocycles. The Morgan fingerprint density at radius 2 is 2.05 bits per heavy atom. The first-order valence-corrected chi connectivity index (χ1v) is 6.40. The number of aromatic nitrogens is 2. The summed E-state index contributed by atoms with van der Waals surface area (Å²) in [5.41, 5.74) is -0.331. The van der Waals surface area contributed by atoms with Crippen LogP contribution in [-0.2, 0) is 6.18 Å². The predicted molar refractivity (Wildman–Crippen MR) is 65.1 cm³/mol. The van der Waals surface area contributed by atoms with Crippen LogP contribution >= 0.6 is 11.8 Å². The Bertz CT molecular complexity index is 640. The molecule has 2 aromatic rings. The van der Waals surface area contributed by atoms with E-state index in [1.165, 1.54) is 18.0 Å². The number of nitrogens with zero attached hydrogens (tertiary/aromatic N) is 3. The average Bonchev–Trinajstić information content (AvgIpc) is 2.86. The number of thioether (sulfide) groups is 1. The summed E-state index contributed by atoms with van der Waals surface area (Å²) in [6, 6.07) is 7.86. The molecule has 0 spiro atoms. The topological polar surface area (TPSA) is 41.6 Å². The standard InChI is InChI=1S/C12H8F3N3S/c1-19-10-4-2-3-9(8(10)7-16)18-6-5-11(17-18)12(13,14)15/h2-6H,1H3. The molecule has 0 unspecified atom stereocenters. The van der Waals surface area contributed by atoms with E-state index in [2.05, 4.69) is 5.10 Å². The molecule has 98 valence electrons. The van der Waals surface area contributed by atoms with Gasteiger partial charge in [-0.05, 0) is 24.5 Å². The highest BCUT2D eigenvalue weighted by Crippen LogP contribution is 2.29. The molecule has 7 heteroatoms. The van der Waals surface area contributed by atoms with Crippen molar-refractivity contribution in [2.24, 2.45) is 0 Å². The fraction of sp³-hybridized carbons (Fsp3) is 0.167. The quantitative estimate of drug-likeness (QED) is 0.792. The van der Waals surface area contributed by atoms with Gasteiger partial charge in [-0.15, -0.1) is 11.8 Å². The maximum absolute atomic E-state index is 12.5. The van der Waals surface area contributed by atoms with Crippen molar-refractivity contribution in [2.75, 3.05) is 6.26 Å². The Morgan fingerprint density at radius 1 is 1.32 bits per heavy atom. The van der Waals surface area contributed by atoms with Gasteiger partial charge in [0.2, 0.25) is 0 Å². The van der Waals surface area contributed by atoms with Crippen LogP contribution in [0.25, 0.3) is 5.69 Å². The number of nitriles is 1. The second kappa shape index (κ2) is 4.97. The molecule has 0 saturated carbocycles. The molecular weight excluding hydrogens is 275 g/mol. The fourth-order valence-corrected chi connectivity index (χ4v) is 2.17. The summed E-state index contributed by atoms with van der Waals surface area (Å²) in [7, 11) is 0. The van der Waals surface area contributed by atoms with Crippen LogP contribution in [-0.4, -0.2) is 16.0 Å². The predicted octanol–water partition coefficient (Wildman–Crippen LogP) is 3.48. The summed E-state index contributed by atoms with van der Waals surface area (Å²) in [5.74, 6) is 0. The molecule has 0 fully saturated rings. The summed E-state index contributed by atoms with van der Waals surface area (Å²) >= 11 is 1.36. The van der Waals surface area contributed by atoms with Gasteiger partial charge in [0.25, 0.3) is 0 Å². The van der Waals surface area contributed by atoms with E-state index in [4.69, 9.17) is 5.26 Å². The van der Waals surface area contributed by atoms with E-state index in [9.17, 15) is 13.2 Å². The van der Waals surface area contributed by atoms with Crippen LogP contribution in [0.2, 0.25) is 0 Å². The molecule has 0 radical (unpaired) electrons. The first-order valence-electron chi connectivity index (χ1n) is 5.17. The molecule has 0 aliphatic carbocycles. The summed E-state index contributed by atoms with van der Waals surface area (Å²) in [5, 5.41) is 12.6. The number of halogens is 3. The van der Waals surface area contributed by atoms with Crippen molar-refractivity contribution < 1.29 is 13.2 Å². The fourth-order valence-electron chi connectivity index (χ4n) is 1.60. The molecule has 1 aromatic heterocycles. The number of alkyl halides is 3.